The van der Waals surface area contributed by atoms with Crippen LogP contribution in [0, 0.1) is 6.92 Å². The molecule has 0 amide bonds. The fourth-order valence-corrected chi connectivity index (χ4v) is 6.59. The summed E-state index contributed by atoms with van der Waals surface area (Å²) in [7, 11) is -3.63. The Labute approximate surface area is 197 Å². The average molecular weight is 491 g/mol. The van der Waals surface area contributed by atoms with Crippen LogP contribution in [0.2, 0.25) is 0 Å². The van der Waals surface area contributed by atoms with Gasteiger partial charge in [-0.1, -0.05) is 71.1 Å². The van der Waals surface area contributed by atoms with Gasteiger partial charge in [0.1, 0.15) is 0 Å². The van der Waals surface area contributed by atoms with Crippen LogP contribution in [0.5, 0.6) is 0 Å². The van der Waals surface area contributed by atoms with E-state index in [9.17, 15) is 8.42 Å². The molecular weight excluding hydrogens is 464 g/mol. The maximum Gasteiger partial charge on any atom is 0.241 e. The average Bonchev–Trinajstić information content (AvgIpc) is 3.29. The zero-order valence-corrected chi connectivity index (χ0v) is 20.3. The van der Waals surface area contributed by atoms with Crippen LogP contribution in [0.1, 0.15) is 23.6 Å². The molecule has 1 aliphatic rings. The number of aromatic nitrogens is 2. The minimum atomic E-state index is -3.63. The van der Waals surface area contributed by atoms with E-state index in [1.807, 2.05) is 49.4 Å². The number of aryl methyl sites for hydroxylation is 1. The molecule has 1 aliphatic heterocycles. The van der Waals surface area contributed by atoms with Crippen LogP contribution < -0.4 is 9.62 Å². The predicted octanol–water partition coefficient (Wildman–Crippen LogP) is 3.89. The molecule has 0 aliphatic carbocycles. The second-order valence-corrected chi connectivity index (χ2v) is 11.5. The van der Waals surface area contributed by atoms with Gasteiger partial charge in [-0.3, -0.25) is 0 Å². The molecule has 1 N–H and O–H groups in total. The van der Waals surface area contributed by atoms with Gasteiger partial charge in [-0.15, -0.1) is 10.2 Å². The van der Waals surface area contributed by atoms with E-state index in [1.54, 1.807) is 35.2 Å². The SMILES string of the molecule is Cc1ccc(S(=O)(=O)NC(CCSc2nnc(N3CCOCC3)s2)c2ccccc2)cc1. The molecule has 0 saturated carbocycles. The number of nitrogens with one attached hydrogen (secondary N) is 1. The van der Waals surface area contributed by atoms with Gasteiger partial charge in [0.25, 0.3) is 0 Å². The van der Waals surface area contributed by atoms with Crippen LogP contribution in [-0.4, -0.2) is 50.7 Å². The Balaban J connectivity index is 1.41. The molecule has 2 aromatic carbocycles. The molecule has 0 spiro atoms. The maximum atomic E-state index is 13.0. The summed E-state index contributed by atoms with van der Waals surface area (Å²) in [6.07, 6.45) is 0.631. The van der Waals surface area contributed by atoms with E-state index in [2.05, 4.69) is 19.8 Å². The Bertz CT molecular complexity index is 1100. The third kappa shape index (κ3) is 6.08. The molecule has 4 rings (SSSR count). The molecule has 2 heterocycles. The van der Waals surface area contributed by atoms with E-state index in [1.165, 1.54) is 0 Å². The van der Waals surface area contributed by atoms with Gasteiger partial charge in [-0.2, -0.15) is 0 Å². The lowest BCUT2D eigenvalue weighted by Gasteiger charge is -2.25. The predicted molar refractivity (Wildman–Crippen MR) is 129 cm³/mol. The van der Waals surface area contributed by atoms with Crippen molar-refractivity contribution in [3.05, 3.63) is 65.7 Å². The molecule has 1 unspecified atom stereocenters. The van der Waals surface area contributed by atoms with Crippen LogP contribution in [0.25, 0.3) is 0 Å². The van der Waals surface area contributed by atoms with Gasteiger partial charge < -0.3 is 9.64 Å². The van der Waals surface area contributed by atoms with Gasteiger partial charge in [0.05, 0.1) is 18.1 Å². The van der Waals surface area contributed by atoms with E-state index in [0.717, 1.165) is 33.7 Å². The van der Waals surface area contributed by atoms with E-state index in [4.69, 9.17) is 4.74 Å². The van der Waals surface area contributed by atoms with E-state index in [-0.39, 0.29) is 10.9 Å². The second-order valence-electron chi connectivity index (χ2n) is 7.48. The van der Waals surface area contributed by atoms with Crippen LogP contribution >= 0.6 is 23.1 Å². The normalized spacial score (nSPS) is 15.6. The Morgan fingerprint density at radius 3 is 2.53 bits per heavy atom. The van der Waals surface area contributed by atoms with E-state index in [0.29, 0.717) is 25.4 Å². The van der Waals surface area contributed by atoms with Crippen LogP contribution in [0.3, 0.4) is 0 Å². The van der Waals surface area contributed by atoms with Crippen LogP contribution in [0.4, 0.5) is 5.13 Å². The summed E-state index contributed by atoms with van der Waals surface area (Å²) in [4.78, 5) is 2.46. The quantitative estimate of drug-likeness (QED) is 0.456. The first kappa shape index (κ1) is 23.2. The molecule has 1 fully saturated rings. The Hall–Kier alpha value is -1.98. The summed E-state index contributed by atoms with van der Waals surface area (Å²) in [5, 5.41) is 9.52. The van der Waals surface area contributed by atoms with Crippen molar-refractivity contribution in [3.63, 3.8) is 0 Å². The number of sulfonamides is 1. The smallest absolute Gasteiger partial charge is 0.241 e. The molecule has 170 valence electrons. The van der Waals surface area contributed by atoms with Crippen molar-refractivity contribution in [1.82, 2.24) is 14.9 Å². The third-order valence-corrected chi connectivity index (χ3v) is 8.78. The first-order chi connectivity index (χ1) is 15.5. The lowest BCUT2D eigenvalue weighted by atomic mass is 10.1. The molecule has 1 saturated heterocycles. The van der Waals surface area contributed by atoms with Crippen molar-refractivity contribution in [2.24, 2.45) is 0 Å². The van der Waals surface area contributed by atoms with Crippen molar-refractivity contribution < 1.29 is 13.2 Å². The van der Waals surface area contributed by atoms with Crippen molar-refractivity contribution in [1.29, 1.82) is 0 Å². The van der Waals surface area contributed by atoms with Crippen LogP contribution in [0.15, 0.2) is 63.8 Å². The third-order valence-electron chi connectivity index (χ3n) is 5.14. The first-order valence-electron chi connectivity index (χ1n) is 10.4. The monoisotopic (exact) mass is 490 g/mol. The number of rotatable bonds is 9. The number of thioether (sulfide) groups is 1. The zero-order chi connectivity index (χ0) is 22.4. The van der Waals surface area contributed by atoms with Crippen LogP contribution in [-0.2, 0) is 14.8 Å². The molecule has 3 aromatic rings. The highest BCUT2D eigenvalue weighted by Crippen LogP contribution is 2.31. The Morgan fingerprint density at radius 1 is 1.09 bits per heavy atom. The second kappa shape index (κ2) is 10.8. The lowest BCUT2D eigenvalue weighted by Crippen LogP contribution is -2.36. The minimum absolute atomic E-state index is 0.274. The largest absolute Gasteiger partial charge is 0.378 e. The summed E-state index contributed by atoms with van der Waals surface area (Å²) in [5.74, 6) is 0.716. The van der Waals surface area contributed by atoms with Gasteiger partial charge in [0.2, 0.25) is 15.2 Å². The number of benzene rings is 2. The minimum Gasteiger partial charge on any atom is -0.378 e. The van der Waals surface area contributed by atoms with Gasteiger partial charge in [0.15, 0.2) is 4.34 Å². The highest BCUT2D eigenvalue weighted by molar-refractivity contribution is 8.01. The van der Waals surface area contributed by atoms with Gasteiger partial charge >= 0.3 is 0 Å². The summed E-state index contributed by atoms with van der Waals surface area (Å²) in [6, 6.07) is 16.3. The van der Waals surface area contributed by atoms with Crippen molar-refractivity contribution in [2.45, 2.75) is 28.6 Å². The maximum absolute atomic E-state index is 13.0. The molecule has 10 heteroatoms. The Morgan fingerprint density at radius 2 is 1.81 bits per heavy atom. The molecule has 0 bridgehead atoms. The summed E-state index contributed by atoms with van der Waals surface area (Å²) < 4.78 is 35.1. The molecular formula is C22H26N4O3S3. The van der Waals surface area contributed by atoms with Crippen molar-refractivity contribution in [3.8, 4) is 0 Å². The molecule has 1 atom stereocenters. The highest BCUT2D eigenvalue weighted by Gasteiger charge is 2.22. The number of hydrogen-bond acceptors (Lipinski definition) is 8. The summed E-state index contributed by atoms with van der Waals surface area (Å²) >= 11 is 3.17. The molecule has 1 aromatic heterocycles. The number of hydrogen-bond donors (Lipinski definition) is 1. The van der Waals surface area contributed by atoms with Gasteiger partial charge in [-0.25, -0.2) is 13.1 Å². The standard InChI is InChI=1S/C22H26N4O3S3/c1-17-7-9-19(10-8-17)32(27,28)25-20(18-5-3-2-4-6-18)11-16-30-22-24-23-21(31-22)26-12-14-29-15-13-26/h2-10,20,25H,11-16H2,1H3. The van der Waals surface area contributed by atoms with E-state index >= 15 is 0 Å². The molecule has 32 heavy (non-hydrogen) atoms. The van der Waals surface area contributed by atoms with Gasteiger partial charge in [0, 0.05) is 24.9 Å². The lowest BCUT2D eigenvalue weighted by molar-refractivity contribution is 0.122. The fourth-order valence-electron chi connectivity index (χ4n) is 3.36. The fraction of sp³-hybridized carbons (Fsp3) is 0.364. The van der Waals surface area contributed by atoms with Crippen molar-refractivity contribution >= 4 is 38.3 Å². The first-order valence-corrected chi connectivity index (χ1v) is 13.7. The van der Waals surface area contributed by atoms with Gasteiger partial charge in [-0.05, 0) is 31.0 Å². The van der Waals surface area contributed by atoms with E-state index < -0.39 is 10.0 Å². The zero-order valence-electron chi connectivity index (χ0n) is 17.8. The highest BCUT2D eigenvalue weighted by atomic mass is 32.2. The summed E-state index contributed by atoms with van der Waals surface area (Å²) in [5.41, 5.74) is 1.96. The molecule has 7 nitrogen and oxygen atoms in total. The van der Waals surface area contributed by atoms with Crippen molar-refractivity contribution in [2.75, 3.05) is 37.0 Å². The number of morpholine rings is 1. The topological polar surface area (TPSA) is 84.4 Å². The molecule has 0 radical (unpaired) electrons. The summed E-state index contributed by atoms with van der Waals surface area (Å²) in [6.45, 7) is 5.02. The number of ether oxygens (including phenoxy) is 1. The number of nitrogens with zero attached hydrogens (tertiary/aromatic N) is 3. The number of anilines is 1. The Kier molecular flexibility index (Phi) is 7.80.